The van der Waals surface area contributed by atoms with Crippen LogP contribution in [0.4, 0.5) is 0 Å². The van der Waals surface area contributed by atoms with E-state index in [0.29, 0.717) is 5.92 Å². The monoisotopic (exact) mass is 283 g/mol. The summed E-state index contributed by atoms with van der Waals surface area (Å²) >= 11 is 0. The van der Waals surface area contributed by atoms with Crippen LogP contribution in [-0.2, 0) is 0 Å². The van der Waals surface area contributed by atoms with Gasteiger partial charge in [0.15, 0.2) is 0 Å². The van der Waals surface area contributed by atoms with Crippen molar-refractivity contribution in [2.24, 2.45) is 11.7 Å². The summed E-state index contributed by atoms with van der Waals surface area (Å²) in [6, 6.07) is 9.83. The third kappa shape index (κ3) is 2.76. The number of hydrogen-bond donors (Lipinski definition) is 1. The molecule has 0 saturated carbocycles. The number of rotatable bonds is 2. The largest absolute Gasteiger partial charge is 0.339 e. The average Bonchev–Trinajstić information content (AvgIpc) is 2.53. The second-order valence-electron chi connectivity index (χ2n) is 5.86. The quantitative estimate of drug-likeness (QED) is 0.921. The van der Waals surface area contributed by atoms with E-state index in [2.05, 4.69) is 11.9 Å². The van der Waals surface area contributed by atoms with Crippen LogP contribution in [0.15, 0.2) is 36.5 Å². The number of fused-ring (bicyclic) bond motifs is 1. The predicted molar refractivity (Wildman–Crippen MR) is 84.0 cm³/mol. The van der Waals surface area contributed by atoms with Crippen molar-refractivity contribution in [1.29, 1.82) is 0 Å². The summed E-state index contributed by atoms with van der Waals surface area (Å²) in [6.45, 7) is 3.64. The first kappa shape index (κ1) is 14.0. The van der Waals surface area contributed by atoms with E-state index in [0.717, 1.165) is 42.4 Å². The number of nitrogens with two attached hydrogens (primary N) is 1. The zero-order valence-corrected chi connectivity index (χ0v) is 12.3. The Labute approximate surface area is 125 Å². The van der Waals surface area contributed by atoms with E-state index in [-0.39, 0.29) is 11.9 Å². The van der Waals surface area contributed by atoms with Crippen molar-refractivity contribution >= 4 is 16.8 Å². The van der Waals surface area contributed by atoms with Gasteiger partial charge in [0, 0.05) is 30.7 Å². The van der Waals surface area contributed by atoms with Gasteiger partial charge in [-0.15, -0.1) is 0 Å². The molecule has 4 nitrogen and oxygen atoms in total. The molecule has 0 bridgehead atoms. The van der Waals surface area contributed by atoms with Crippen LogP contribution in [0.2, 0.25) is 0 Å². The van der Waals surface area contributed by atoms with Crippen LogP contribution in [0.25, 0.3) is 10.9 Å². The van der Waals surface area contributed by atoms with Crippen molar-refractivity contribution in [3.63, 3.8) is 0 Å². The molecule has 3 rings (SSSR count). The van der Waals surface area contributed by atoms with Crippen LogP contribution >= 0.6 is 0 Å². The summed E-state index contributed by atoms with van der Waals surface area (Å²) in [4.78, 5) is 19.0. The molecular weight excluding hydrogens is 262 g/mol. The van der Waals surface area contributed by atoms with Crippen molar-refractivity contribution in [3.05, 3.63) is 42.1 Å². The van der Waals surface area contributed by atoms with Gasteiger partial charge in [-0.3, -0.25) is 9.78 Å². The van der Waals surface area contributed by atoms with Gasteiger partial charge in [0.25, 0.3) is 5.91 Å². The van der Waals surface area contributed by atoms with Crippen molar-refractivity contribution < 1.29 is 4.79 Å². The van der Waals surface area contributed by atoms with E-state index in [1.54, 1.807) is 6.20 Å². The standard InChI is InChI=1S/C17H21N3O/c1-12(18)13-7-10-20(11-8-13)17(21)15-6-9-19-16-5-3-2-4-14(15)16/h2-6,9,12-13H,7-8,10-11,18H2,1H3/t12-/m1/s1. The third-order valence-electron chi connectivity index (χ3n) is 4.45. The molecule has 2 aromatic rings. The molecule has 2 heterocycles. The van der Waals surface area contributed by atoms with Gasteiger partial charge in [0.1, 0.15) is 0 Å². The highest BCUT2D eigenvalue weighted by Gasteiger charge is 2.26. The topological polar surface area (TPSA) is 59.2 Å². The fraction of sp³-hybridized carbons (Fsp3) is 0.412. The Morgan fingerprint density at radius 1 is 1.29 bits per heavy atom. The van der Waals surface area contributed by atoms with Crippen molar-refractivity contribution in [2.75, 3.05) is 13.1 Å². The van der Waals surface area contributed by atoms with Gasteiger partial charge in [0.05, 0.1) is 11.1 Å². The lowest BCUT2D eigenvalue weighted by atomic mass is 9.90. The molecule has 1 aromatic carbocycles. The molecule has 1 aliphatic heterocycles. The van der Waals surface area contributed by atoms with Crippen LogP contribution in [-0.4, -0.2) is 34.9 Å². The summed E-state index contributed by atoms with van der Waals surface area (Å²) in [7, 11) is 0. The number of para-hydroxylation sites is 1. The third-order valence-corrected chi connectivity index (χ3v) is 4.45. The van der Waals surface area contributed by atoms with Gasteiger partial charge in [0.2, 0.25) is 0 Å². The highest BCUT2D eigenvalue weighted by molar-refractivity contribution is 6.05. The average molecular weight is 283 g/mol. The van der Waals surface area contributed by atoms with Crippen LogP contribution in [0.3, 0.4) is 0 Å². The van der Waals surface area contributed by atoms with Crippen LogP contribution in [0, 0.1) is 5.92 Å². The fourth-order valence-electron chi connectivity index (χ4n) is 3.08. The number of pyridine rings is 1. The van der Waals surface area contributed by atoms with Crippen LogP contribution < -0.4 is 5.73 Å². The first-order valence-electron chi connectivity index (χ1n) is 7.55. The molecule has 2 N–H and O–H groups in total. The minimum absolute atomic E-state index is 0.108. The minimum atomic E-state index is 0.108. The maximum absolute atomic E-state index is 12.8. The Morgan fingerprint density at radius 3 is 2.71 bits per heavy atom. The van der Waals surface area contributed by atoms with E-state index in [4.69, 9.17) is 5.73 Å². The van der Waals surface area contributed by atoms with Gasteiger partial charge < -0.3 is 10.6 Å². The Kier molecular flexibility index (Phi) is 3.88. The summed E-state index contributed by atoms with van der Waals surface area (Å²) in [5, 5.41) is 0.930. The molecule has 0 spiro atoms. The molecule has 0 aliphatic carbocycles. The Balaban J connectivity index is 1.82. The lowest BCUT2D eigenvalue weighted by Crippen LogP contribution is -2.42. The van der Waals surface area contributed by atoms with E-state index in [9.17, 15) is 4.79 Å². The summed E-state index contributed by atoms with van der Waals surface area (Å²) in [5.74, 6) is 0.639. The number of benzene rings is 1. The molecule has 110 valence electrons. The highest BCUT2D eigenvalue weighted by Crippen LogP contribution is 2.23. The predicted octanol–water partition coefficient (Wildman–Crippen LogP) is 2.43. The Bertz CT molecular complexity index is 640. The van der Waals surface area contributed by atoms with E-state index in [1.807, 2.05) is 35.2 Å². The number of nitrogens with zero attached hydrogens (tertiary/aromatic N) is 2. The van der Waals surface area contributed by atoms with Crippen molar-refractivity contribution in [3.8, 4) is 0 Å². The second kappa shape index (κ2) is 5.82. The summed E-state index contributed by atoms with van der Waals surface area (Å²) in [6.07, 6.45) is 3.70. The normalized spacial score (nSPS) is 17.9. The molecule has 1 amide bonds. The highest BCUT2D eigenvalue weighted by atomic mass is 16.2. The number of hydrogen-bond acceptors (Lipinski definition) is 3. The second-order valence-corrected chi connectivity index (χ2v) is 5.86. The molecular formula is C17H21N3O. The zero-order valence-electron chi connectivity index (χ0n) is 12.3. The molecule has 0 unspecified atom stereocenters. The van der Waals surface area contributed by atoms with Gasteiger partial charge >= 0.3 is 0 Å². The Morgan fingerprint density at radius 2 is 2.00 bits per heavy atom. The molecule has 1 fully saturated rings. The molecule has 0 radical (unpaired) electrons. The van der Waals surface area contributed by atoms with Crippen molar-refractivity contribution in [1.82, 2.24) is 9.88 Å². The number of likely N-dealkylation sites (tertiary alicyclic amines) is 1. The smallest absolute Gasteiger partial charge is 0.254 e. The number of amides is 1. The van der Waals surface area contributed by atoms with Gasteiger partial charge in [-0.1, -0.05) is 18.2 Å². The molecule has 1 saturated heterocycles. The van der Waals surface area contributed by atoms with E-state index < -0.39 is 0 Å². The summed E-state index contributed by atoms with van der Waals surface area (Å²) in [5.41, 5.74) is 7.58. The van der Waals surface area contributed by atoms with Crippen molar-refractivity contribution in [2.45, 2.75) is 25.8 Å². The molecule has 1 atom stereocenters. The Hall–Kier alpha value is -1.94. The van der Waals surface area contributed by atoms with Gasteiger partial charge in [-0.05, 0) is 37.8 Å². The minimum Gasteiger partial charge on any atom is -0.339 e. The maximum Gasteiger partial charge on any atom is 0.254 e. The van der Waals surface area contributed by atoms with Gasteiger partial charge in [-0.2, -0.15) is 0 Å². The first-order valence-corrected chi connectivity index (χ1v) is 7.55. The lowest BCUT2D eigenvalue weighted by Gasteiger charge is -2.33. The first-order chi connectivity index (χ1) is 10.2. The van der Waals surface area contributed by atoms with Crippen LogP contribution in [0.1, 0.15) is 30.1 Å². The number of carbonyl (C=O) groups is 1. The number of piperidine rings is 1. The maximum atomic E-state index is 12.8. The molecule has 1 aromatic heterocycles. The lowest BCUT2D eigenvalue weighted by molar-refractivity contribution is 0.0683. The number of aromatic nitrogens is 1. The molecule has 21 heavy (non-hydrogen) atoms. The van der Waals surface area contributed by atoms with E-state index >= 15 is 0 Å². The molecule has 1 aliphatic rings. The van der Waals surface area contributed by atoms with E-state index in [1.165, 1.54) is 0 Å². The van der Waals surface area contributed by atoms with Gasteiger partial charge in [-0.25, -0.2) is 0 Å². The van der Waals surface area contributed by atoms with Crippen LogP contribution in [0.5, 0.6) is 0 Å². The SMILES string of the molecule is C[C@@H](N)C1CCN(C(=O)c2ccnc3ccccc23)CC1. The summed E-state index contributed by atoms with van der Waals surface area (Å²) < 4.78 is 0. The zero-order chi connectivity index (χ0) is 14.8. The molecule has 4 heteroatoms. The number of carbonyl (C=O) groups excluding carboxylic acids is 1. The fourth-order valence-corrected chi connectivity index (χ4v) is 3.08.